The van der Waals surface area contributed by atoms with Gasteiger partial charge < -0.3 is 4.57 Å². The van der Waals surface area contributed by atoms with Gasteiger partial charge in [0.15, 0.2) is 0 Å². The Morgan fingerprint density at radius 1 is 1.29 bits per heavy atom. The first kappa shape index (κ1) is 14.0. The molecule has 2 aromatic heterocycles. The van der Waals surface area contributed by atoms with Crippen LogP contribution in [0.25, 0.3) is 11.0 Å². The highest BCUT2D eigenvalue weighted by molar-refractivity contribution is 6.17. The Balaban J connectivity index is 2.12. The molecule has 3 aromatic rings. The van der Waals surface area contributed by atoms with E-state index in [1.807, 2.05) is 23.6 Å². The third-order valence-electron chi connectivity index (χ3n) is 3.53. The fraction of sp³-hybridized carbons (Fsp3) is 0.250. The summed E-state index contributed by atoms with van der Waals surface area (Å²) in [5.41, 5.74) is 3.62. The van der Waals surface area contributed by atoms with E-state index in [2.05, 4.69) is 9.97 Å². The molecule has 0 aliphatic carbocycles. The Bertz CT molecular complexity index is 782. The summed E-state index contributed by atoms with van der Waals surface area (Å²) < 4.78 is 15.5. The van der Waals surface area contributed by atoms with Gasteiger partial charge >= 0.3 is 0 Å². The number of alkyl halides is 1. The molecule has 0 saturated heterocycles. The van der Waals surface area contributed by atoms with Crippen molar-refractivity contribution in [3.63, 3.8) is 0 Å². The lowest BCUT2D eigenvalue weighted by molar-refractivity contribution is 0.628. The molecule has 0 atom stereocenters. The lowest BCUT2D eigenvalue weighted by Crippen LogP contribution is -2.08. The van der Waals surface area contributed by atoms with Crippen LogP contribution in [0.15, 0.2) is 36.5 Å². The van der Waals surface area contributed by atoms with Crippen molar-refractivity contribution >= 4 is 22.6 Å². The van der Waals surface area contributed by atoms with Crippen LogP contribution in [0.4, 0.5) is 4.39 Å². The SMILES string of the molecule is Cc1cccnc1Cn1c(CCCl)nc2ccc(F)cc21. The summed E-state index contributed by atoms with van der Waals surface area (Å²) >= 11 is 5.86. The van der Waals surface area contributed by atoms with Crippen LogP contribution < -0.4 is 0 Å². The average molecular weight is 304 g/mol. The Morgan fingerprint density at radius 3 is 2.90 bits per heavy atom. The first-order valence-corrected chi connectivity index (χ1v) is 7.33. The van der Waals surface area contributed by atoms with Crippen molar-refractivity contribution in [1.82, 2.24) is 14.5 Å². The first-order valence-electron chi connectivity index (χ1n) is 6.80. The topological polar surface area (TPSA) is 30.7 Å². The van der Waals surface area contributed by atoms with Crippen LogP contribution >= 0.6 is 11.6 Å². The molecule has 0 radical (unpaired) electrons. The Hall–Kier alpha value is -1.94. The number of rotatable bonds is 4. The van der Waals surface area contributed by atoms with Gasteiger partial charge in [-0.05, 0) is 36.8 Å². The highest BCUT2D eigenvalue weighted by atomic mass is 35.5. The average Bonchev–Trinajstić information content (AvgIpc) is 2.79. The third kappa shape index (κ3) is 2.76. The van der Waals surface area contributed by atoms with Crippen LogP contribution in [-0.4, -0.2) is 20.4 Å². The summed E-state index contributed by atoms with van der Waals surface area (Å²) in [4.78, 5) is 8.96. The Morgan fingerprint density at radius 2 is 2.14 bits per heavy atom. The predicted octanol–water partition coefficient (Wildman–Crippen LogP) is 3.71. The predicted molar refractivity (Wildman–Crippen MR) is 82.2 cm³/mol. The van der Waals surface area contributed by atoms with Crippen molar-refractivity contribution in [2.24, 2.45) is 0 Å². The second-order valence-corrected chi connectivity index (χ2v) is 5.33. The van der Waals surface area contributed by atoms with Crippen molar-refractivity contribution in [2.75, 3.05) is 5.88 Å². The van der Waals surface area contributed by atoms with Crippen molar-refractivity contribution in [3.8, 4) is 0 Å². The maximum absolute atomic E-state index is 13.5. The molecule has 0 amide bonds. The number of nitrogens with zero attached hydrogens (tertiary/aromatic N) is 3. The maximum atomic E-state index is 13.5. The van der Waals surface area contributed by atoms with Crippen LogP contribution in [-0.2, 0) is 13.0 Å². The maximum Gasteiger partial charge on any atom is 0.125 e. The summed E-state index contributed by atoms with van der Waals surface area (Å²) in [7, 11) is 0. The minimum absolute atomic E-state index is 0.265. The molecule has 3 rings (SSSR count). The standard InChI is InChI=1S/C16H15ClFN3/c1-11-3-2-8-19-14(11)10-21-15-9-12(18)4-5-13(15)20-16(21)6-7-17/h2-5,8-9H,6-7,10H2,1H3. The van der Waals surface area contributed by atoms with Gasteiger partial charge in [0, 0.05) is 18.5 Å². The second-order valence-electron chi connectivity index (χ2n) is 4.95. The minimum atomic E-state index is -0.265. The van der Waals surface area contributed by atoms with E-state index in [9.17, 15) is 4.39 Å². The van der Waals surface area contributed by atoms with Gasteiger partial charge in [-0.1, -0.05) is 6.07 Å². The molecule has 0 aliphatic heterocycles. The molecular formula is C16H15ClFN3. The molecule has 0 N–H and O–H groups in total. The van der Waals surface area contributed by atoms with Crippen LogP contribution in [0, 0.1) is 12.7 Å². The number of hydrogen-bond acceptors (Lipinski definition) is 2. The number of hydrogen-bond donors (Lipinski definition) is 0. The Kier molecular flexibility index (Phi) is 3.88. The van der Waals surface area contributed by atoms with E-state index in [1.165, 1.54) is 12.1 Å². The zero-order valence-electron chi connectivity index (χ0n) is 11.7. The summed E-state index contributed by atoms with van der Waals surface area (Å²) in [6, 6.07) is 8.56. The van der Waals surface area contributed by atoms with Gasteiger partial charge in [-0.3, -0.25) is 4.98 Å². The van der Waals surface area contributed by atoms with Gasteiger partial charge in [-0.25, -0.2) is 9.37 Å². The largest absolute Gasteiger partial charge is 0.322 e. The molecule has 0 bridgehead atoms. The number of halogens is 2. The number of fused-ring (bicyclic) bond motifs is 1. The number of imidazole rings is 1. The van der Waals surface area contributed by atoms with Crippen molar-refractivity contribution in [2.45, 2.75) is 19.9 Å². The molecule has 2 heterocycles. The molecule has 1 aromatic carbocycles. The highest BCUT2D eigenvalue weighted by Crippen LogP contribution is 2.20. The van der Waals surface area contributed by atoms with Gasteiger partial charge in [0.1, 0.15) is 11.6 Å². The van der Waals surface area contributed by atoms with E-state index in [-0.39, 0.29) is 5.82 Å². The van der Waals surface area contributed by atoms with E-state index >= 15 is 0 Å². The van der Waals surface area contributed by atoms with Gasteiger partial charge in [-0.15, -0.1) is 11.6 Å². The summed E-state index contributed by atoms with van der Waals surface area (Å²) in [6.07, 6.45) is 2.41. The fourth-order valence-electron chi connectivity index (χ4n) is 2.43. The van der Waals surface area contributed by atoms with Gasteiger partial charge in [0.2, 0.25) is 0 Å². The highest BCUT2D eigenvalue weighted by Gasteiger charge is 2.13. The third-order valence-corrected chi connectivity index (χ3v) is 3.72. The van der Waals surface area contributed by atoms with Crippen molar-refractivity contribution < 1.29 is 4.39 Å². The molecule has 0 aliphatic rings. The molecule has 5 heteroatoms. The molecule has 3 nitrogen and oxygen atoms in total. The number of benzene rings is 1. The molecule has 0 unspecified atom stereocenters. The minimum Gasteiger partial charge on any atom is -0.322 e. The van der Waals surface area contributed by atoms with Crippen LogP contribution in [0.2, 0.25) is 0 Å². The van der Waals surface area contributed by atoms with Crippen LogP contribution in [0.3, 0.4) is 0 Å². The van der Waals surface area contributed by atoms with E-state index in [0.29, 0.717) is 18.8 Å². The van der Waals surface area contributed by atoms with E-state index in [0.717, 1.165) is 28.1 Å². The molecule has 108 valence electrons. The zero-order chi connectivity index (χ0) is 14.8. The fourth-order valence-corrected chi connectivity index (χ4v) is 2.60. The molecule has 0 fully saturated rings. The summed E-state index contributed by atoms with van der Waals surface area (Å²) in [6.45, 7) is 2.59. The molecule has 0 spiro atoms. The van der Waals surface area contributed by atoms with Crippen LogP contribution in [0.1, 0.15) is 17.1 Å². The van der Waals surface area contributed by atoms with Crippen molar-refractivity contribution in [1.29, 1.82) is 0 Å². The smallest absolute Gasteiger partial charge is 0.125 e. The summed E-state index contributed by atoms with van der Waals surface area (Å²) in [5, 5.41) is 0. The van der Waals surface area contributed by atoms with Gasteiger partial charge in [-0.2, -0.15) is 0 Å². The van der Waals surface area contributed by atoms with Gasteiger partial charge in [0.25, 0.3) is 0 Å². The number of pyridine rings is 1. The zero-order valence-corrected chi connectivity index (χ0v) is 12.4. The number of aromatic nitrogens is 3. The molecule has 21 heavy (non-hydrogen) atoms. The molecular weight excluding hydrogens is 289 g/mol. The van der Waals surface area contributed by atoms with E-state index < -0.39 is 0 Å². The van der Waals surface area contributed by atoms with Crippen LogP contribution in [0.5, 0.6) is 0 Å². The normalized spacial score (nSPS) is 11.2. The van der Waals surface area contributed by atoms with E-state index in [4.69, 9.17) is 11.6 Å². The molecule has 0 saturated carbocycles. The van der Waals surface area contributed by atoms with E-state index in [1.54, 1.807) is 12.3 Å². The monoisotopic (exact) mass is 303 g/mol. The lowest BCUT2D eigenvalue weighted by atomic mass is 10.2. The second kappa shape index (κ2) is 5.82. The summed E-state index contributed by atoms with van der Waals surface area (Å²) in [5.74, 6) is 1.07. The first-order chi connectivity index (χ1) is 10.2. The van der Waals surface area contributed by atoms with Gasteiger partial charge in [0.05, 0.1) is 23.3 Å². The Labute approximate surface area is 127 Å². The number of aryl methyl sites for hydroxylation is 2. The quantitative estimate of drug-likeness (QED) is 0.688. The van der Waals surface area contributed by atoms with Crippen molar-refractivity contribution in [3.05, 3.63) is 59.4 Å². The lowest BCUT2D eigenvalue weighted by Gasteiger charge is -2.10.